The minimum Gasteiger partial charge on any atom is -0.456 e. The Morgan fingerprint density at radius 3 is 2.38 bits per heavy atom. The summed E-state index contributed by atoms with van der Waals surface area (Å²) in [6.45, 7) is 0.505. The summed E-state index contributed by atoms with van der Waals surface area (Å²) in [7, 11) is 0. The molecule has 3 aromatic rings. The zero-order chi connectivity index (χ0) is 14.8. The van der Waals surface area contributed by atoms with Gasteiger partial charge in [0.25, 0.3) is 0 Å². The molecule has 0 amide bonds. The van der Waals surface area contributed by atoms with E-state index in [2.05, 4.69) is 22.0 Å². The van der Waals surface area contributed by atoms with Gasteiger partial charge in [0.15, 0.2) is 0 Å². The van der Waals surface area contributed by atoms with E-state index in [1.54, 1.807) is 6.07 Å². The monoisotopic (exact) mass is 361 g/mol. The molecule has 0 aromatic heterocycles. The number of ether oxygens (including phenoxy) is 1. The van der Waals surface area contributed by atoms with Gasteiger partial charge in [0, 0.05) is 17.0 Å². The van der Waals surface area contributed by atoms with E-state index in [9.17, 15) is 0 Å². The lowest BCUT2D eigenvalue weighted by Gasteiger charge is -2.12. The Balaban J connectivity index is 2.09. The number of fused-ring (bicyclic) bond motifs is 1. The Bertz CT molecular complexity index is 804. The van der Waals surface area contributed by atoms with Crippen molar-refractivity contribution in [2.45, 2.75) is 6.54 Å². The van der Waals surface area contributed by atoms with Gasteiger partial charge >= 0.3 is 0 Å². The first-order valence-electron chi connectivity index (χ1n) is 6.52. The SMILES string of the molecule is NCc1ccc(Oc2ccc(Cl)cc2Br)c2ccccc12. The summed E-state index contributed by atoms with van der Waals surface area (Å²) >= 11 is 9.42. The van der Waals surface area contributed by atoms with Gasteiger partial charge in [0.1, 0.15) is 11.5 Å². The quantitative estimate of drug-likeness (QED) is 0.667. The van der Waals surface area contributed by atoms with Crippen LogP contribution in [0.5, 0.6) is 11.5 Å². The number of halogens is 2. The Kier molecular flexibility index (Phi) is 4.15. The van der Waals surface area contributed by atoms with Crippen molar-refractivity contribution in [1.29, 1.82) is 0 Å². The maximum Gasteiger partial charge on any atom is 0.141 e. The molecule has 3 rings (SSSR count). The van der Waals surface area contributed by atoms with Gasteiger partial charge in [-0.05, 0) is 51.1 Å². The molecule has 0 bridgehead atoms. The highest BCUT2D eigenvalue weighted by Gasteiger charge is 2.09. The predicted molar refractivity (Wildman–Crippen MR) is 91.1 cm³/mol. The first-order valence-corrected chi connectivity index (χ1v) is 7.70. The van der Waals surface area contributed by atoms with Gasteiger partial charge in [0.2, 0.25) is 0 Å². The molecule has 0 saturated carbocycles. The fourth-order valence-corrected chi connectivity index (χ4v) is 3.04. The minimum absolute atomic E-state index is 0.505. The van der Waals surface area contributed by atoms with Crippen LogP contribution in [0.2, 0.25) is 5.02 Å². The van der Waals surface area contributed by atoms with Crippen LogP contribution in [0.15, 0.2) is 59.1 Å². The third kappa shape index (κ3) is 2.91. The fraction of sp³-hybridized carbons (Fsp3) is 0.0588. The lowest BCUT2D eigenvalue weighted by Crippen LogP contribution is -1.98. The summed E-state index contributed by atoms with van der Waals surface area (Å²) in [5.74, 6) is 1.52. The van der Waals surface area contributed by atoms with Crippen molar-refractivity contribution in [2.24, 2.45) is 5.73 Å². The Hall–Kier alpha value is -1.55. The van der Waals surface area contributed by atoms with E-state index in [-0.39, 0.29) is 0 Å². The van der Waals surface area contributed by atoms with E-state index in [0.29, 0.717) is 11.6 Å². The van der Waals surface area contributed by atoms with E-state index < -0.39 is 0 Å². The number of nitrogens with two attached hydrogens (primary N) is 1. The van der Waals surface area contributed by atoms with E-state index in [1.807, 2.05) is 42.5 Å². The molecule has 0 unspecified atom stereocenters. The number of benzene rings is 3. The summed E-state index contributed by atoms with van der Waals surface area (Å²) in [6.07, 6.45) is 0. The number of hydrogen-bond donors (Lipinski definition) is 1. The summed E-state index contributed by atoms with van der Waals surface area (Å²) < 4.78 is 6.85. The molecule has 0 fully saturated rings. The molecule has 2 N–H and O–H groups in total. The maximum atomic E-state index is 6.03. The normalized spacial score (nSPS) is 10.8. The molecule has 0 aliphatic heterocycles. The van der Waals surface area contributed by atoms with Crippen LogP contribution >= 0.6 is 27.5 Å². The van der Waals surface area contributed by atoms with Crippen LogP contribution in [0.25, 0.3) is 10.8 Å². The topological polar surface area (TPSA) is 35.2 Å². The van der Waals surface area contributed by atoms with E-state index in [4.69, 9.17) is 22.1 Å². The minimum atomic E-state index is 0.505. The maximum absolute atomic E-state index is 6.03. The highest BCUT2D eigenvalue weighted by atomic mass is 79.9. The fourth-order valence-electron chi connectivity index (χ4n) is 2.28. The predicted octanol–water partition coefficient (Wildman–Crippen LogP) is 5.51. The average Bonchev–Trinajstić information content (AvgIpc) is 2.50. The van der Waals surface area contributed by atoms with Crippen LogP contribution in [0.1, 0.15) is 5.56 Å². The van der Waals surface area contributed by atoms with Gasteiger partial charge in [-0.15, -0.1) is 0 Å². The Morgan fingerprint density at radius 2 is 1.67 bits per heavy atom. The van der Waals surface area contributed by atoms with Gasteiger partial charge < -0.3 is 10.5 Å². The van der Waals surface area contributed by atoms with Gasteiger partial charge in [-0.3, -0.25) is 0 Å². The zero-order valence-corrected chi connectivity index (χ0v) is 13.5. The summed E-state index contributed by atoms with van der Waals surface area (Å²) in [6, 6.07) is 17.5. The highest BCUT2D eigenvalue weighted by Crippen LogP contribution is 2.36. The van der Waals surface area contributed by atoms with Crippen LogP contribution in [0, 0.1) is 0 Å². The van der Waals surface area contributed by atoms with E-state index in [1.165, 1.54) is 0 Å². The van der Waals surface area contributed by atoms with Crippen molar-refractivity contribution < 1.29 is 4.74 Å². The van der Waals surface area contributed by atoms with Crippen molar-refractivity contribution in [3.8, 4) is 11.5 Å². The second-order valence-corrected chi connectivity index (χ2v) is 5.94. The molecule has 0 heterocycles. The second-order valence-electron chi connectivity index (χ2n) is 4.65. The van der Waals surface area contributed by atoms with Crippen LogP contribution < -0.4 is 10.5 Å². The molecule has 4 heteroatoms. The molecule has 21 heavy (non-hydrogen) atoms. The lowest BCUT2D eigenvalue weighted by atomic mass is 10.0. The van der Waals surface area contributed by atoms with Crippen molar-refractivity contribution in [3.63, 3.8) is 0 Å². The molecular formula is C17H13BrClNO. The molecule has 2 nitrogen and oxygen atoms in total. The van der Waals surface area contributed by atoms with Gasteiger partial charge in [-0.1, -0.05) is 41.9 Å². The lowest BCUT2D eigenvalue weighted by molar-refractivity contribution is 0.485. The highest BCUT2D eigenvalue weighted by molar-refractivity contribution is 9.10. The van der Waals surface area contributed by atoms with Gasteiger partial charge in [-0.25, -0.2) is 0 Å². The van der Waals surface area contributed by atoms with Crippen molar-refractivity contribution >= 4 is 38.3 Å². The molecule has 0 radical (unpaired) electrons. The standard InChI is InChI=1S/C17H13BrClNO/c18-15-9-12(19)6-8-17(15)21-16-7-5-11(10-20)13-3-1-2-4-14(13)16/h1-9H,10,20H2. The summed E-state index contributed by atoms with van der Waals surface area (Å²) in [4.78, 5) is 0. The van der Waals surface area contributed by atoms with E-state index >= 15 is 0 Å². The van der Waals surface area contributed by atoms with Crippen molar-refractivity contribution in [1.82, 2.24) is 0 Å². The van der Waals surface area contributed by atoms with Crippen LogP contribution in [-0.2, 0) is 6.54 Å². The van der Waals surface area contributed by atoms with Gasteiger partial charge in [-0.2, -0.15) is 0 Å². The Labute approximate surface area is 136 Å². The van der Waals surface area contributed by atoms with Crippen LogP contribution in [0.3, 0.4) is 0 Å². The van der Waals surface area contributed by atoms with Gasteiger partial charge in [0.05, 0.1) is 4.47 Å². The summed E-state index contributed by atoms with van der Waals surface area (Å²) in [5, 5.41) is 2.82. The first kappa shape index (κ1) is 14.4. The average molecular weight is 363 g/mol. The number of rotatable bonds is 3. The zero-order valence-electron chi connectivity index (χ0n) is 11.1. The molecule has 0 aliphatic carbocycles. The molecular weight excluding hydrogens is 350 g/mol. The van der Waals surface area contributed by atoms with Crippen molar-refractivity contribution in [2.75, 3.05) is 0 Å². The molecule has 0 atom stereocenters. The second kappa shape index (κ2) is 6.06. The molecule has 106 valence electrons. The van der Waals surface area contributed by atoms with Crippen LogP contribution in [-0.4, -0.2) is 0 Å². The van der Waals surface area contributed by atoms with Crippen molar-refractivity contribution in [3.05, 3.63) is 69.7 Å². The number of hydrogen-bond acceptors (Lipinski definition) is 2. The third-order valence-corrected chi connectivity index (χ3v) is 4.16. The molecule has 0 spiro atoms. The summed E-state index contributed by atoms with van der Waals surface area (Å²) in [5.41, 5.74) is 6.90. The largest absolute Gasteiger partial charge is 0.456 e. The Morgan fingerprint density at radius 1 is 0.952 bits per heavy atom. The molecule has 0 saturated heterocycles. The molecule has 3 aromatic carbocycles. The molecule has 0 aliphatic rings. The van der Waals surface area contributed by atoms with Crippen LogP contribution in [0.4, 0.5) is 0 Å². The third-order valence-electron chi connectivity index (χ3n) is 3.31. The van der Waals surface area contributed by atoms with E-state index in [0.717, 1.165) is 32.3 Å². The first-order chi connectivity index (χ1) is 10.2. The smallest absolute Gasteiger partial charge is 0.141 e.